The molecule has 32 heavy (non-hydrogen) atoms. The second-order valence-electron chi connectivity index (χ2n) is 9.62. The molecule has 2 aromatic carbocycles. The monoisotopic (exact) mass is 427 g/mol. The minimum Gasteiger partial charge on any atom is -0.294 e. The van der Waals surface area contributed by atoms with Gasteiger partial charge >= 0.3 is 0 Å². The van der Waals surface area contributed by atoms with E-state index in [1.807, 2.05) is 17.1 Å². The molecule has 2 atom stereocenters. The summed E-state index contributed by atoms with van der Waals surface area (Å²) in [7, 11) is 0. The Morgan fingerprint density at radius 3 is 2.41 bits per heavy atom. The molecule has 1 saturated carbocycles. The van der Waals surface area contributed by atoms with Gasteiger partial charge in [0.2, 0.25) is 0 Å². The van der Waals surface area contributed by atoms with Crippen LogP contribution in [0.15, 0.2) is 71.3 Å². The van der Waals surface area contributed by atoms with Gasteiger partial charge in [0.1, 0.15) is 0 Å². The maximum Gasteiger partial charge on any atom is 0.257 e. The number of hydrogen-bond acceptors (Lipinski definition) is 3. The first kappa shape index (κ1) is 21.1. The molecule has 0 unspecified atom stereocenters. The molecule has 0 bridgehead atoms. The number of fused-ring (bicyclic) bond motifs is 1. The molecule has 1 saturated heterocycles. The molecule has 2 aliphatic heterocycles. The molecular formula is C28H33N3O. The van der Waals surface area contributed by atoms with Crippen LogP contribution >= 0.6 is 0 Å². The van der Waals surface area contributed by atoms with Crippen molar-refractivity contribution in [3.63, 3.8) is 0 Å². The molecule has 5 rings (SSSR count). The molecule has 4 nitrogen and oxygen atoms in total. The van der Waals surface area contributed by atoms with Crippen LogP contribution in [0.5, 0.6) is 0 Å². The Kier molecular flexibility index (Phi) is 6.22. The van der Waals surface area contributed by atoms with Crippen molar-refractivity contribution in [2.75, 3.05) is 19.6 Å². The molecule has 2 heterocycles. The number of piperidine rings is 1. The van der Waals surface area contributed by atoms with Crippen molar-refractivity contribution >= 4 is 17.7 Å². The first-order valence-corrected chi connectivity index (χ1v) is 12.1. The van der Waals surface area contributed by atoms with Gasteiger partial charge < -0.3 is 0 Å². The highest BCUT2D eigenvalue weighted by atomic mass is 16.2. The topological polar surface area (TPSA) is 35.9 Å². The molecule has 0 aromatic heterocycles. The Bertz CT molecular complexity index is 990. The van der Waals surface area contributed by atoms with Crippen LogP contribution in [0, 0.1) is 11.8 Å². The first-order valence-electron chi connectivity index (χ1n) is 12.1. The quantitative estimate of drug-likeness (QED) is 0.642. The van der Waals surface area contributed by atoms with E-state index >= 15 is 0 Å². The number of benzene rings is 2. The average molecular weight is 428 g/mol. The summed E-state index contributed by atoms with van der Waals surface area (Å²) in [4.78, 5) is 15.9. The summed E-state index contributed by atoms with van der Waals surface area (Å²) in [5, 5.41) is 6.86. The Morgan fingerprint density at radius 1 is 1.00 bits per heavy atom. The normalized spacial score (nSPS) is 25.6. The van der Waals surface area contributed by atoms with Crippen LogP contribution in [-0.4, -0.2) is 41.2 Å². The van der Waals surface area contributed by atoms with Gasteiger partial charge in [-0.05, 0) is 73.9 Å². The van der Waals surface area contributed by atoms with Gasteiger partial charge in [-0.1, -0.05) is 67.6 Å². The largest absolute Gasteiger partial charge is 0.294 e. The molecule has 3 aliphatic rings. The molecule has 166 valence electrons. The van der Waals surface area contributed by atoms with Crippen LogP contribution in [0.2, 0.25) is 0 Å². The van der Waals surface area contributed by atoms with Gasteiger partial charge in [-0.25, -0.2) is 5.01 Å². The van der Waals surface area contributed by atoms with E-state index in [4.69, 9.17) is 5.10 Å². The van der Waals surface area contributed by atoms with Crippen LogP contribution in [0.4, 0.5) is 0 Å². The third kappa shape index (κ3) is 4.42. The highest BCUT2D eigenvalue weighted by Crippen LogP contribution is 2.44. The molecule has 0 spiro atoms. The van der Waals surface area contributed by atoms with E-state index in [9.17, 15) is 4.79 Å². The maximum absolute atomic E-state index is 13.5. The second-order valence-corrected chi connectivity index (χ2v) is 9.62. The fourth-order valence-electron chi connectivity index (χ4n) is 5.42. The number of nitrogens with zero attached hydrogens (tertiary/aromatic N) is 3. The first-order chi connectivity index (χ1) is 15.7. The number of carbonyl (C=O) groups excluding carboxylic acids is 1. The summed E-state index contributed by atoms with van der Waals surface area (Å²) in [6, 6.07) is 21.0. The molecule has 2 fully saturated rings. The van der Waals surface area contributed by atoms with Gasteiger partial charge in [0.25, 0.3) is 5.91 Å². The lowest BCUT2D eigenvalue weighted by Gasteiger charge is -2.33. The fraction of sp³-hybridized carbons (Fsp3) is 0.429. The Hall–Kier alpha value is -2.72. The van der Waals surface area contributed by atoms with E-state index in [1.165, 1.54) is 29.5 Å². The van der Waals surface area contributed by atoms with Gasteiger partial charge in [0.05, 0.1) is 18.3 Å². The smallest absolute Gasteiger partial charge is 0.257 e. The van der Waals surface area contributed by atoms with Crippen molar-refractivity contribution in [1.29, 1.82) is 0 Å². The van der Waals surface area contributed by atoms with Crippen LogP contribution in [0.3, 0.4) is 0 Å². The third-order valence-electron chi connectivity index (χ3n) is 7.27. The predicted molar refractivity (Wildman–Crippen MR) is 130 cm³/mol. The molecule has 2 aromatic rings. The highest BCUT2D eigenvalue weighted by Gasteiger charge is 2.43. The van der Waals surface area contributed by atoms with Gasteiger partial charge in [-0.2, -0.15) is 5.10 Å². The third-order valence-corrected chi connectivity index (χ3v) is 7.27. The molecule has 0 N–H and O–H groups in total. The average Bonchev–Trinajstić information content (AvgIpc) is 3.23. The van der Waals surface area contributed by atoms with E-state index in [0.717, 1.165) is 44.0 Å². The van der Waals surface area contributed by atoms with Gasteiger partial charge in [-0.15, -0.1) is 0 Å². The number of rotatable bonds is 4. The predicted octanol–water partition coefficient (Wildman–Crippen LogP) is 5.54. The summed E-state index contributed by atoms with van der Waals surface area (Å²) in [6.07, 6.45) is 7.87. The van der Waals surface area contributed by atoms with Crippen molar-refractivity contribution in [1.82, 2.24) is 9.91 Å². The Labute approximate surface area is 191 Å². The van der Waals surface area contributed by atoms with Crippen molar-refractivity contribution < 1.29 is 4.79 Å². The summed E-state index contributed by atoms with van der Waals surface area (Å²) in [5.74, 6) is 1.17. The van der Waals surface area contributed by atoms with Crippen molar-refractivity contribution in [2.45, 2.75) is 45.1 Å². The molecule has 1 amide bonds. The van der Waals surface area contributed by atoms with Crippen molar-refractivity contribution in [3.05, 3.63) is 77.4 Å². The minimum absolute atomic E-state index is 0.00175. The molecule has 4 heteroatoms. The summed E-state index contributed by atoms with van der Waals surface area (Å²) in [6.45, 7) is 4.80. The van der Waals surface area contributed by atoms with Crippen LogP contribution in [-0.2, 0) is 4.79 Å². The van der Waals surface area contributed by atoms with E-state index < -0.39 is 0 Å². The standard InChI is InChI=1S/C28H33N3O/c1-21-15-17-30(18-16-21)20-26(32)31-28(23-11-6-3-7-12-23)25-14-8-13-24(27(25)29-31)19-22-9-4-2-5-10-22/h2-7,9-12,19,21,25,28H,8,13-18,20H2,1H3/b24-19+/t25-,28+/m0/s1. The number of allylic oxidation sites excluding steroid dienone is 1. The molecule has 1 aliphatic carbocycles. The van der Waals surface area contributed by atoms with Gasteiger partial charge in [-0.3, -0.25) is 9.69 Å². The lowest BCUT2D eigenvalue weighted by Crippen LogP contribution is -2.42. The molecule has 0 radical (unpaired) electrons. The number of hydrogen-bond donors (Lipinski definition) is 0. The summed E-state index contributed by atoms with van der Waals surface area (Å²) in [5.41, 5.74) is 4.80. The van der Waals surface area contributed by atoms with Crippen molar-refractivity contribution in [2.24, 2.45) is 16.9 Å². The zero-order valence-corrected chi connectivity index (χ0v) is 19.0. The SMILES string of the molecule is CC1CCN(CC(=O)N2N=C3/C(=C/c4ccccc4)CCC[C@@H]3[C@H]2c2ccccc2)CC1. The van der Waals surface area contributed by atoms with Gasteiger partial charge in [0.15, 0.2) is 0 Å². The van der Waals surface area contributed by atoms with Crippen LogP contribution < -0.4 is 0 Å². The number of amides is 1. The van der Waals surface area contributed by atoms with Crippen LogP contribution in [0.1, 0.15) is 56.2 Å². The minimum atomic E-state index is 0.00175. The fourth-order valence-corrected chi connectivity index (χ4v) is 5.42. The summed E-state index contributed by atoms with van der Waals surface area (Å²) >= 11 is 0. The van der Waals surface area contributed by atoms with Crippen LogP contribution in [0.25, 0.3) is 6.08 Å². The van der Waals surface area contributed by atoms with E-state index in [2.05, 4.69) is 66.4 Å². The van der Waals surface area contributed by atoms with E-state index in [-0.39, 0.29) is 17.9 Å². The van der Waals surface area contributed by atoms with Crippen molar-refractivity contribution in [3.8, 4) is 0 Å². The number of carbonyl (C=O) groups is 1. The lowest BCUT2D eigenvalue weighted by molar-refractivity contribution is -0.135. The Balaban J connectivity index is 1.45. The van der Waals surface area contributed by atoms with Gasteiger partial charge in [0, 0.05) is 5.92 Å². The second kappa shape index (κ2) is 9.41. The van der Waals surface area contributed by atoms with E-state index in [1.54, 1.807) is 0 Å². The maximum atomic E-state index is 13.5. The molecular weight excluding hydrogens is 394 g/mol. The zero-order valence-electron chi connectivity index (χ0n) is 19.0. The van der Waals surface area contributed by atoms with E-state index in [0.29, 0.717) is 6.54 Å². The zero-order chi connectivity index (χ0) is 21.9. The Morgan fingerprint density at radius 2 is 1.69 bits per heavy atom. The lowest BCUT2D eigenvalue weighted by atomic mass is 9.77. The summed E-state index contributed by atoms with van der Waals surface area (Å²) < 4.78 is 0. The number of hydrazone groups is 1. The number of likely N-dealkylation sites (tertiary alicyclic amines) is 1. The highest BCUT2D eigenvalue weighted by molar-refractivity contribution is 6.08.